The number of nitrogens with zero attached hydrogens (tertiary/aromatic N) is 1. The Morgan fingerprint density at radius 3 is 2.72 bits per heavy atom. The second-order valence-electron chi connectivity index (χ2n) is 5.40. The molecule has 6 nitrogen and oxygen atoms in total. The first-order valence-electron chi connectivity index (χ1n) is 8.26. The number of carbonyl (C=O) groups is 2. The van der Waals surface area contributed by atoms with Gasteiger partial charge in [0.05, 0.1) is 24.4 Å². The summed E-state index contributed by atoms with van der Waals surface area (Å²) < 4.78 is 5.12. The number of carbonyl (C=O) groups excluding carboxylic acids is 2. The summed E-state index contributed by atoms with van der Waals surface area (Å²) in [5, 5.41) is 6.43. The Hall–Kier alpha value is -2.25. The van der Waals surface area contributed by atoms with Crippen LogP contribution in [0.3, 0.4) is 0 Å². The Labute approximate surface area is 151 Å². The van der Waals surface area contributed by atoms with E-state index in [1.54, 1.807) is 13.1 Å². The largest absolute Gasteiger partial charge is 0.462 e. The Morgan fingerprint density at radius 1 is 1.28 bits per heavy atom. The molecular formula is C18H23N3O3S. The zero-order valence-electron chi connectivity index (χ0n) is 14.7. The molecule has 0 spiro atoms. The predicted molar refractivity (Wildman–Crippen MR) is 99.0 cm³/mol. The summed E-state index contributed by atoms with van der Waals surface area (Å²) >= 11 is 1.43. The van der Waals surface area contributed by atoms with Gasteiger partial charge in [0, 0.05) is 17.6 Å². The summed E-state index contributed by atoms with van der Waals surface area (Å²) in [6.45, 7) is 6.61. The third kappa shape index (κ3) is 5.11. The molecule has 0 saturated carbocycles. The van der Waals surface area contributed by atoms with E-state index in [1.807, 2.05) is 32.0 Å². The van der Waals surface area contributed by atoms with Gasteiger partial charge in [-0.2, -0.15) is 0 Å². The van der Waals surface area contributed by atoms with Crippen LogP contribution in [0.1, 0.15) is 40.3 Å². The third-order valence-electron chi connectivity index (χ3n) is 3.62. The minimum absolute atomic E-state index is 0.136. The first-order valence-corrected chi connectivity index (χ1v) is 9.08. The van der Waals surface area contributed by atoms with Crippen LogP contribution in [0.25, 0.3) is 0 Å². The molecule has 0 bridgehead atoms. The van der Waals surface area contributed by atoms with Crippen LogP contribution in [0.5, 0.6) is 0 Å². The maximum absolute atomic E-state index is 12.2. The van der Waals surface area contributed by atoms with Crippen molar-refractivity contribution in [3.05, 3.63) is 46.1 Å². The van der Waals surface area contributed by atoms with Crippen LogP contribution in [0.2, 0.25) is 0 Å². The maximum Gasteiger partial charge on any atom is 0.341 e. The molecule has 0 aliphatic heterocycles. The minimum atomic E-state index is -0.396. The normalized spacial score (nSPS) is 10.5. The SMILES string of the molecule is CCOC(=O)c1c(NC(=O)CNCc2ccccn2)sc(CC)c1C. The summed E-state index contributed by atoms with van der Waals surface area (Å²) in [5.41, 5.74) is 2.20. The van der Waals surface area contributed by atoms with Crippen LogP contribution in [0.4, 0.5) is 5.00 Å². The molecule has 0 radical (unpaired) electrons. The van der Waals surface area contributed by atoms with Crippen molar-refractivity contribution < 1.29 is 14.3 Å². The van der Waals surface area contributed by atoms with Crippen molar-refractivity contribution in [2.45, 2.75) is 33.7 Å². The second-order valence-corrected chi connectivity index (χ2v) is 6.51. The monoisotopic (exact) mass is 361 g/mol. The lowest BCUT2D eigenvalue weighted by Gasteiger charge is -2.08. The van der Waals surface area contributed by atoms with Gasteiger partial charge in [-0.05, 0) is 38.0 Å². The van der Waals surface area contributed by atoms with Crippen LogP contribution in [-0.4, -0.2) is 30.0 Å². The lowest BCUT2D eigenvalue weighted by atomic mass is 10.1. The van der Waals surface area contributed by atoms with Gasteiger partial charge in [0.1, 0.15) is 5.00 Å². The highest BCUT2D eigenvalue weighted by molar-refractivity contribution is 7.17. The molecule has 0 fully saturated rings. The van der Waals surface area contributed by atoms with Crippen molar-refractivity contribution >= 4 is 28.2 Å². The zero-order chi connectivity index (χ0) is 18.2. The first-order chi connectivity index (χ1) is 12.1. The highest BCUT2D eigenvalue weighted by Crippen LogP contribution is 2.33. The van der Waals surface area contributed by atoms with Gasteiger partial charge in [-0.1, -0.05) is 13.0 Å². The lowest BCUT2D eigenvalue weighted by molar-refractivity contribution is -0.115. The molecule has 25 heavy (non-hydrogen) atoms. The molecule has 0 aromatic carbocycles. The molecule has 134 valence electrons. The fourth-order valence-electron chi connectivity index (χ4n) is 2.41. The fourth-order valence-corrected chi connectivity index (χ4v) is 3.56. The Kier molecular flexibility index (Phi) is 7.09. The summed E-state index contributed by atoms with van der Waals surface area (Å²) in [6, 6.07) is 5.63. The molecule has 2 aromatic rings. The van der Waals surface area contributed by atoms with Gasteiger partial charge in [0.15, 0.2) is 0 Å². The van der Waals surface area contributed by atoms with Gasteiger partial charge >= 0.3 is 5.97 Å². The number of hydrogen-bond donors (Lipinski definition) is 2. The number of ether oxygens (including phenoxy) is 1. The number of pyridine rings is 1. The summed E-state index contributed by atoms with van der Waals surface area (Å²) in [7, 11) is 0. The molecule has 2 heterocycles. The van der Waals surface area contributed by atoms with Gasteiger partial charge in [-0.3, -0.25) is 9.78 Å². The van der Waals surface area contributed by atoms with Gasteiger partial charge in [-0.25, -0.2) is 4.79 Å². The average Bonchev–Trinajstić information content (AvgIpc) is 2.91. The van der Waals surface area contributed by atoms with E-state index in [1.165, 1.54) is 11.3 Å². The van der Waals surface area contributed by atoms with E-state index >= 15 is 0 Å². The summed E-state index contributed by atoms with van der Waals surface area (Å²) in [4.78, 5) is 29.7. The molecule has 0 aliphatic carbocycles. The maximum atomic E-state index is 12.2. The molecule has 0 unspecified atom stereocenters. The lowest BCUT2D eigenvalue weighted by Crippen LogP contribution is -2.28. The summed E-state index contributed by atoms with van der Waals surface area (Å²) in [6.07, 6.45) is 2.51. The van der Waals surface area contributed by atoms with Crippen molar-refractivity contribution in [3.63, 3.8) is 0 Å². The molecule has 2 rings (SSSR count). The zero-order valence-corrected chi connectivity index (χ0v) is 15.5. The molecule has 1 amide bonds. The van der Waals surface area contributed by atoms with Gasteiger partial charge in [0.2, 0.25) is 5.91 Å². The summed E-state index contributed by atoms with van der Waals surface area (Å²) in [5.74, 6) is -0.599. The number of amides is 1. The standard InChI is InChI=1S/C18H23N3O3S/c1-4-14-12(3)16(18(23)24-5-2)17(25-14)21-15(22)11-19-10-13-8-6-7-9-20-13/h6-9,19H,4-5,10-11H2,1-3H3,(H,21,22). The average molecular weight is 361 g/mol. The topological polar surface area (TPSA) is 80.3 Å². The second kappa shape index (κ2) is 9.29. The number of hydrogen-bond acceptors (Lipinski definition) is 6. The third-order valence-corrected chi connectivity index (χ3v) is 4.97. The molecule has 2 N–H and O–H groups in total. The molecule has 2 aromatic heterocycles. The molecular weight excluding hydrogens is 338 g/mol. The number of esters is 1. The first kappa shape index (κ1) is 19.1. The number of anilines is 1. The van der Waals surface area contributed by atoms with Crippen LogP contribution in [0.15, 0.2) is 24.4 Å². The van der Waals surface area contributed by atoms with Crippen LogP contribution in [0, 0.1) is 6.92 Å². The van der Waals surface area contributed by atoms with E-state index in [9.17, 15) is 9.59 Å². The van der Waals surface area contributed by atoms with E-state index in [-0.39, 0.29) is 12.5 Å². The number of rotatable bonds is 8. The number of aromatic nitrogens is 1. The minimum Gasteiger partial charge on any atom is -0.462 e. The number of nitrogens with one attached hydrogen (secondary N) is 2. The smallest absolute Gasteiger partial charge is 0.341 e. The molecule has 7 heteroatoms. The van der Waals surface area contributed by atoms with Gasteiger partial charge < -0.3 is 15.4 Å². The highest BCUT2D eigenvalue weighted by Gasteiger charge is 2.22. The fraction of sp³-hybridized carbons (Fsp3) is 0.389. The van der Waals surface area contributed by atoms with Crippen LogP contribution < -0.4 is 10.6 Å². The molecule has 0 atom stereocenters. The van der Waals surface area contributed by atoms with E-state index in [0.29, 0.717) is 23.7 Å². The van der Waals surface area contributed by atoms with Crippen LogP contribution >= 0.6 is 11.3 Å². The van der Waals surface area contributed by atoms with Crippen molar-refractivity contribution in [2.24, 2.45) is 0 Å². The van der Waals surface area contributed by atoms with E-state index < -0.39 is 5.97 Å². The van der Waals surface area contributed by atoms with Gasteiger partial charge in [0.25, 0.3) is 0 Å². The highest BCUT2D eigenvalue weighted by atomic mass is 32.1. The quantitative estimate of drug-likeness (QED) is 0.707. The van der Waals surface area contributed by atoms with Crippen molar-refractivity contribution in [1.82, 2.24) is 10.3 Å². The van der Waals surface area contributed by atoms with Crippen molar-refractivity contribution in [2.75, 3.05) is 18.5 Å². The molecule has 0 saturated heterocycles. The Balaban J connectivity index is 2.00. The number of aryl methyl sites for hydroxylation is 1. The molecule has 0 aliphatic rings. The van der Waals surface area contributed by atoms with E-state index in [0.717, 1.165) is 22.6 Å². The Bertz CT molecular complexity index is 729. The van der Waals surface area contributed by atoms with Crippen molar-refractivity contribution in [3.8, 4) is 0 Å². The predicted octanol–water partition coefficient (Wildman–Crippen LogP) is 2.92. The Morgan fingerprint density at radius 2 is 2.08 bits per heavy atom. The van der Waals surface area contributed by atoms with E-state index in [4.69, 9.17) is 4.74 Å². The van der Waals surface area contributed by atoms with E-state index in [2.05, 4.69) is 15.6 Å². The van der Waals surface area contributed by atoms with Gasteiger partial charge in [-0.15, -0.1) is 11.3 Å². The van der Waals surface area contributed by atoms with Crippen LogP contribution in [-0.2, 0) is 22.5 Å². The number of thiophene rings is 1. The van der Waals surface area contributed by atoms with Crippen molar-refractivity contribution in [1.29, 1.82) is 0 Å².